The maximum absolute atomic E-state index is 4.38. The molecule has 3 heterocycles. The molecule has 96 valence electrons. The zero-order valence-corrected chi connectivity index (χ0v) is 10.7. The van der Waals surface area contributed by atoms with E-state index in [2.05, 4.69) is 24.4 Å². The zero-order valence-electron chi connectivity index (χ0n) is 10.7. The molecule has 5 heteroatoms. The van der Waals surface area contributed by atoms with E-state index in [1.165, 1.54) is 18.5 Å². The number of nitrogens with zero attached hydrogens (tertiary/aromatic N) is 4. The topological polar surface area (TPSA) is 47.7 Å². The van der Waals surface area contributed by atoms with E-state index in [-0.39, 0.29) is 0 Å². The number of aromatic nitrogens is 4. The molecule has 1 atom stereocenters. The van der Waals surface area contributed by atoms with Crippen LogP contribution < -0.4 is 5.32 Å². The third kappa shape index (κ3) is 2.18. The van der Waals surface area contributed by atoms with Crippen molar-refractivity contribution in [2.75, 3.05) is 13.1 Å². The highest BCUT2D eigenvalue weighted by molar-refractivity contribution is 5.10. The standard InChI is InChI=1S/C13H19N5/c1-17-6-5-16-13(17)9-18-10-15-8-12(18)11-3-2-4-14-7-11/h5-6,8,10-11,14H,2-4,7,9H2,1H3. The van der Waals surface area contributed by atoms with Gasteiger partial charge in [0.05, 0.1) is 12.9 Å². The van der Waals surface area contributed by atoms with E-state index < -0.39 is 0 Å². The lowest BCUT2D eigenvalue weighted by Crippen LogP contribution is -2.29. The van der Waals surface area contributed by atoms with Crippen LogP contribution in [0, 0.1) is 0 Å². The number of imidazole rings is 2. The summed E-state index contributed by atoms with van der Waals surface area (Å²) >= 11 is 0. The Kier molecular flexibility index (Phi) is 3.15. The van der Waals surface area contributed by atoms with Gasteiger partial charge in [0.15, 0.2) is 0 Å². The third-order valence-electron chi connectivity index (χ3n) is 3.69. The molecule has 0 bridgehead atoms. The molecule has 1 unspecified atom stereocenters. The minimum Gasteiger partial charge on any atom is -0.337 e. The van der Waals surface area contributed by atoms with Gasteiger partial charge < -0.3 is 14.5 Å². The van der Waals surface area contributed by atoms with Crippen LogP contribution >= 0.6 is 0 Å². The van der Waals surface area contributed by atoms with Crippen molar-refractivity contribution in [3.8, 4) is 0 Å². The lowest BCUT2D eigenvalue weighted by molar-refractivity contribution is 0.442. The average Bonchev–Trinajstić information content (AvgIpc) is 3.01. The van der Waals surface area contributed by atoms with E-state index in [0.717, 1.165) is 25.5 Å². The minimum absolute atomic E-state index is 0.585. The predicted octanol–water partition coefficient (Wildman–Crippen LogP) is 1.13. The normalized spacial score (nSPS) is 20.2. The van der Waals surface area contributed by atoms with Gasteiger partial charge in [0, 0.05) is 43.8 Å². The van der Waals surface area contributed by atoms with Gasteiger partial charge in [0.1, 0.15) is 5.82 Å². The molecule has 1 fully saturated rings. The molecule has 0 saturated carbocycles. The molecule has 1 aliphatic rings. The molecule has 1 N–H and O–H groups in total. The van der Waals surface area contributed by atoms with Crippen molar-refractivity contribution in [3.63, 3.8) is 0 Å². The fourth-order valence-corrected chi connectivity index (χ4v) is 2.61. The van der Waals surface area contributed by atoms with E-state index in [0.29, 0.717) is 5.92 Å². The SMILES string of the molecule is Cn1ccnc1Cn1cncc1C1CCCNC1. The second kappa shape index (κ2) is 4.94. The first-order chi connectivity index (χ1) is 8.84. The molecule has 5 nitrogen and oxygen atoms in total. The number of rotatable bonds is 3. The highest BCUT2D eigenvalue weighted by atomic mass is 15.1. The van der Waals surface area contributed by atoms with Gasteiger partial charge in [-0.15, -0.1) is 0 Å². The molecule has 1 saturated heterocycles. The number of nitrogens with one attached hydrogen (secondary N) is 1. The summed E-state index contributed by atoms with van der Waals surface area (Å²) in [5, 5.41) is 3.46. The van der Waals surface area contributed by atoms with Crippen LogP contribution in [0.25, 0.3) is 0 Å². The first-order valence-electron chi connectivity index (χ1n) is 6.51. The number of piperidine rings is 1. The fraction of sp³-hybridized carbons (Fsp3) is 0.538. The number of aryl methyl sites for hydroxylation is 1. The van der Waals surface area contributed by atoms with Crippen LogP contribution in [0.2, 0.25) is 0 Å². The van der Waals surface area contributed by atoms with Crippen LogP contribution in [0.4, 0.5) is 0 Å². The van der Waals surface area contributed by atoms with E-state index in [1.807, 2.05) is 32.0 Å². The van der Waals surface area contributed by atoms with Crippen molar-refractivity contribution in [2.24, 2.45) is 7.05 Å². The average molecular weight is 245 g/mol. The Hall–Kier alpha value is -1.62. The van der Waals surface area contributed by atoms with Gasteiger partial charge in [-0.05, 0) is 19.4 Å². The van der Waals surface area contributed by atoms with E-state index in [4.69, 9.17) is 0 Å². The van der Waals surface area contributed by atoms with Gasteiger partial charge in [0.2, 0.25) is 0 Å². The monoisotopic (exact) mass is 245 g/mol. The predicted molar refractivity (Wildman–Crippen MR) is 69.4 cm³/mol. The van der Waals surface area contributed by atoms with Gasteiger partial charge in [-0.1, -0.05) is 0 Å². The van der Waals surface area contributed by atoms with Crippen molar-refractivity contribution in [3.05, 3.63) is 36.4 Å². The van der Waals surface area contributed by atoms with Crippen LogP contribution in [0.15, 0.2) is 24.9 Å². The maximum atomic E-state index is 4.38. The van der Waals surface area contributed by atoms with Crippen LogP contribution in [0.5, 0.6) is 0 Å². The molecule has 3 rings (SSSR count). The van der Waals surface area contributed by atoms with Crippen LogP contribution in [0.1, 0.15) is 30.3 Å². The van der Waals surface area contributed by atoms with E-state index in [9.17, 15) is 0 Å². The molecular weight excluding hydrogens is 226 g/mol. The Morgan fingerprint density at radius 1 is 1.50 bits per heavy atom. The second-order valence-corrected chi connectivity index (χ2v) is 4.94. The quantitative estimate of drug-likeness (QED) is 0.882. The molecule has 0 radical (unpaired) electrons. The Morgan fingerprint density at radius 2 is 2.44 bits per heavy atom. The summed E-state index contributed by atoms with van der Waals surface area (Å²) in [5.74, 6) is 1.65. The fourth-order valence-electron chi connectivity index (χ4n) is 2.61. The number of hydrogen-bond acceptors (Lipinski definition) is 3. The van der Waals surface area contributed by atoms with Crippen LogP contribution in [-0.4, -0.2) is 32.2 Å². The van der Waals surface area contributed by atoms with Crippen LogP contribution in [0.3, 0.4) is 0 Å². The molecule has 18 heavy (non-hydrogen) atoms. The molecule has 0 amide bonds. The van der Waals surface area contributed by atoms with Gasteiger partial charge in [0.25, 0.3) is 0 Å². The van der Waals surface area contributed by atoms with E-state index in [1.54, 1.807) is 0 Å². The largest absolute Gasteiger partial charge is 0.337 e. The van der Waals surface area contributed by atoms with Crippen LogP contribution in [-0.2, 0) is 13.6 Å². The van der Waals surface area contributed by atoms with Gasteiger partial charge >= 0.3 is 0 Å². The van der Waals surface area contributed by atoms with Gasteiger partial charge in [-0.2, -0.15) is 0 Å². The Balaban J connectivity index is 1.80. The summed E-state index contributed by atoms with van der Waals surface area (Å²) in [6, 6.07) is 0. The van der Waals surface area contributed by atoms with Crippen molar-refractivity contribution in [1.82, 2.24) is 24.4 Å². The summed E-state index contributed by atoms with van der Waals surface area (Å²) in [7, 11) is 2.03. The Labute approximate surface area is 107 Å². The lowest BCUT2D eigenvalue weighted by atomic mass is 9.96. The highest BCUT2D eigenvalue weighted by Crippen LogP contribution is 2.23. The Bertz CT molecular complexity index is 507. The van der Waals surface area contributed by atoms with Crippen molar-refractivity contribution >= 4 is 0 Å². The van der Waals surface area contributed by atoms with Crippen molar-refractivity contribution in [2.45, 2.75) is 25.3 Å². The van der Waals surface area contributed by atoms with Crippen molar-refractivity contribution < 1.29 is 0 Å². The van der Waals surface area contributed by atoms with Crippen molar-refractivity contribution in [1.29, 1.82) is 0 Å². The second-order valence-electron chi connectivity index (χ2n) is 4.94. The molecule has 1 aliphatic heterocycles. The summed E-state index contributed by atoms with van der Waals surface area (Å²) in [4.78, 5) is 8.68. The number of hydrogen-bond donors (Lipinski definition) is 1. The summed E-state index contributed by atoms with van der Waals surface area (Å²) < 4.78 is 4.28. The summed E-state index contributed by atoms with van der Waals surface area (Å²) in [6.07, 6.45) is 10.2. The molecule has 2 aromatic heterocycles. The summed E-state index contributed by atoms with van der Waals surface area (Å²) in [5.41, 5.74) is 1.32. The molecular formula is C13H19N5. The smallest absolute Gasteiger partial charge is 0.128 e. The molecule has 2 aromatic rings. The molecule has 0 spiro atoms. The third-order valence-corrected chi connectivity index (χ3v) is 3.69. The van der Waals surface area contributed by atoms with Gasteiger partial charge in [-0.3, -0.25) is 0 Å². The minimum atomic E-state index is 0.585. The van der Waals surface area contributed by atoms with E-state index >= 15 is 0 Å². The zero-order chi connectivity index (χ0) is 12.4. The first kappa shape index (κ1) is 11.5. The summed E-state index contributed by atoms with van der Waals surface area (Å²) in [6.45, 7) is 3.01. The maximum Gasteiger partial charge on any atom is 0.128 e. The Morgan fingerprint density at radius 3 is 3.17 bits per heavy atom. The highest BCUT2D eigenvalue weighted by Gasteiger charge is 2.19. The van der Waals surface area contributed by atoms with Gasteiger partial charge in [-0.25, -0.2) is 9.97 Å². The lowest BCUT2D eigenvalue weighted by Gasteiger charge is -2.23. The molecule has 0 aliphatic carbocycles. The molecule has 0 aromatic carbocycles. The first-order valence-corrected chi connectivity index (χ1v) is 6.51.